The summed E-state index contributed by atoms with van der Waals surface area (Å²) in [6.07, 6.45) is 9.70. The van der Waals surface area contributed by atoms with Crippen LogP contribution in [0.25, 0.3) is 0 Å². The topological polar surface area (TPSA) is 56.1 Å². The van der Waals surface area contributed by atoms with Crippen molar-refractivity contribution in [1.29, 1.82) is 0 Å². The number of benzene rings is 3. The van der Waals surface area contributed by atoms with E-state index in [0.29, 0.717) is 18.0 Å². The fraction of sp³-hybridized carbons (Fsp3) is 0.406. The number of aryl methyl sites for hydroxylation is 1. The Bertz CT molecular complexity index is 1380. The van der Waals surface area contributed by atoms with Gasteiger partial charge in [-0.1, -0.05) is 18.2 Å². The molecule has 3 aromatic rings. The zero-order valence-electron chi connectivity index (χ0n) is 21.9. The van der Waals surface area contributed by atoms with Crippen molar-refractivity contribution in [2.24, 2.45) is 22.7 Å². The van der Waals surface area contributed by atoms with Gasteiger partial charge in [-0.3, -0.25) is 4.99 Å². The lowest BCUT2D eigenvalue weighted by atomic mass is 9.48. The van der Waals surface area contributed by atoms with Gasteiger partial charge in [0, 0.05) is 40.1 Å². The van der Waals surface area contributed by atoms with Gasteiger partial charge in [-0.05, 0) is 150 Å². The molecule has 38 heavy (non-hydrogen) atoms. The zero-order valence-corrected chi connectivity index (χ0v) is 26.2. The largest absolute Gasteiger partial charge is 0.507 e. The van der Waals surface area contributed by atoms with Crippen LogP contribution >= 0.6 is 45.2 Å². The number of anilines is 1. The number of nitrogens with zero attached hydrogens (tertiary/aromatic N) is 2. The summed E-state index contributed by atoms with van der Waals surface area (Å²) < 4.78 is 1.96. The molecule has 3 aromatic carbocycles. The molecule has 4 aliphatic carbocycles. The van der Waals surface area contributed by atoms with E-state index >= 15 is 0 Å². The maximum atomic E-state index is 11.6. The molecular weight excluding hydrogens is 698 g/mol. The smallest absolute Gasteiger partial charge is 0.133 e. The zero-order chi connectivity index (χ0) is 26.6. The van der Waals surface area contributed by atoms with Crippen LogP contribution in [-0.4, -0.2) is 23.5 Å². The lowest BCUT2D eigenvalue weighted by Gasteiger charge is -2.57. The van der Waals surface area contributed by atoms with Crippen molar-refractivity contribution >= 4 is 62.8 Å². The second kappa shape index (κ2) is 10.3. The minimum atomic E-state index is 0.137. The number of hydrogen-bond donors (Lipinski definition) is 2. The number of hydrogen-bond acceptors (Lipinski definition) is 4. The average Bonchev–Trinajstić information content (AvgIpc) is 2.86. The first-order chi connectivity index (χ1) is 18.2. The molecular formula is C32H34I2N2O2. The van der Waals surface area contributed by atoms with Crippen molar-refractivity contribution in [3.63, 3.8) is 0 Å². The fourth-order valence-electron chi connectivity index (χ4n) is 7.87. The van der Waals surface area contributed by atoms with E-state index in [0.717, 1.165) is 53.0 Å². The Labute approximate surface area is 252 Å². The van der Waals surface area contributed by atoms with Crippen molar-refractivity contribution in [1.82, 2.24) is 0 Å². The number of phenols is 2. The van der Waals surface area contributed by atoms with Gasteiger partial charge < -0.3 is 15.1 Å². The van der Waals surface area contributed by atoms with Crippen LogP contribution in [0.2, 0.25) is 0 Å². The van der Waals surface area contributed by atoms with Gasteiger partial charge in [0.15, 0.2) is 0 Å². The molecule has 0 unspecified atom stereocenters. The molecule has 4 aliphatic rings. The number of phenolic OH excluding ortho intramolecular Hbond substituents is 2. The maximum absolute atomic E-state index is 11.6. The van der Waals surface area contributed by atoms with E-state index in [4.69, 9.17) is 4.99 Å². The Morgan fingerprint density at radius 2 is 1.61 bits per heavy atom. The molecule has 4 nitrogen and oxygen atoms in total. The summed E-state index contributed by atoms with van der Waals surface area (Å²) in [5.74, 6) is 3.25. The summed E-state index contributed by atoms with van der Waals surface area (Å²) in [5.41, 5.74) is 5.99. The first kappa shape index (κ1) is 26.4. The molecule has 4 bridgehead atoms. The number of aromatic hydroxyl groups is 2. The van der Waals surface area contributed by atoms with Gasteiger partial charge in [-0.15, -0.1) is 0 Å². The summed E-state index contributed by atoms with van der Waals surface area (Å²) in [7, 11) is 2.02. The first-order valence-electron chi connectivity index (χ1n) is 13.6. The Hall–Kier alpha value is -1.81. The molecule has 0 atom stereocenters. The van der Waals surface area contributed by atoms with E-state index < -0.39 is 0 Å². The van der Waals surface area contributed by atoms with Crippen LogP contribution in [0.4, 0.5) is 11.4 Å². The second-order valence-electron chi connectivity index (χ2n) is 11.9. The highest BCUT2D eigenvalue weighted by Gasteiger charge is 2.52. The Morgan fingerprint density at radius 3 is 2.29 bits per heavy atom. The molecule has 0 aromatic heterocycles. The molecule has 6 heteroatoms. The molecule has 4 saturated carbocycles. The number of para-hydroxylation sites is 2. The molecule has 0 heterocycles. The highest BCUT2D eigenvalue weighted by Crippen LogP contribution is 2.62. The van der Waals surface area contributed by atoms with Gasteiger partial charge in [-0.2, -0.15) is 0 Å². The third-order valence-electron chi connectivity index (χ3n) is 9.04. The molecule has 2 N–H and O–H groups in total. The summed E-state index contributed by atoms with van der Waals surface area (Å²) in [5, 5.41) is 22.2. The van der Waals surface area contributed by atoms with Crippen LogP contribution < -0.4 is 4.90 Å². The molecule has 4 fully saturated rings. The molecule has 0 amide bonds. The van der Waals surface area contributed by atoms with Crippen LogP contribution in [0.15, 0.2) is 53.5 Å². The van der Waals surface area contributed by atoms with Crippen LogP contribution in [0, 0.1) is 31.8 Å². The monoisotopic (exact) mass is 732 g/mol. The van der Waals surface area contributed by atoms with Crippen LogP contribution in [0.1, 0.15) is 60.8 Å². The van der Waals surface area contributed by atoms with Crippen molar-refractivity contribution in [3.05, 3.63) is 77.9 Å². The Kier molecular flexibility index (Phi) is 7.16. The van der Waals surface area contributed by atoms with Crippen molar-refractivity contribution < 1.29 is 10.2 Å². The van der Waals surface area contributed by atoms with E-state index in [-0.39, 0.29) is 5.41 Å². The first-order valence-corrected chi connectivity index (χ1v) is 15.7. The number of halogens is 2. The molecule has 0 aliphatic heterocycles. The predicted octanol–water partition coefficient (Wildman–Crippen LogP) is 8.47. The summed E-state index contributed by atoms with van der Waals surface area (Å²) in [6.45, 7) is 2.70. The van der Waals surface area contributed by atoms with E-state index in [1.165, 1.54) is 44.1 Å². The minimum absolute atomic E-state index is 0.137. The van der Waals surface area contributed by atoms with Crippen LogP contribution in [-0.2, 0) is 12.0 Å². The highest BCUT2D eigenvalue weighted by atomic mass is 127. The van der Waals surface area contributed by atoms with Gasteiger partial charge in [0.25, 0.3) is 0 Å². The minimum Gasteiger partial charge on any atom is -0.507 e. The van der Waals surface area contributed by atoms with Gasteiger partial charge in [0.2, 0.25) is 0 Å². The highest BCUT2D eigenvalue weighted by molar-refractivity contribution is 14.1. The number of rotatable bonds is 6. The quantitative estimate of drug-likeness (QED) is 0.198. The molecule has 7 rings (SSSR count). The third-order valence-corrected chi connectivity index (χ3v) is 10.5. The molecule has 0 saturated heterocycles. The van der Waals surface area contributed by atoms with Gasteiger partial charge in [0.1, 0.15) is 11.5 Å². The number of aliphatic imine (C=N–C) groups is 1. The molecule has 0 radical (unpaired) electrons. The van der Waals surface area contributed by atoms with Crippen LogP contribution in [0.3, 0.4) is 0 Å². The lowest BCUT2D eigenvalue weighted by Crippen LogP contribution is -2.48. The fourth-order valence-corrected chi connectivity index (χ4v) is 9.83. The Balaban J connectivity index is 1.30. The van der Waals surface area contributed by atoms with Crippen LogP contribution in [0.5, 0.6) is 11.5 Å². The van der Waals surface area contributed by atoms with Gasteiger partial charge in [-0.25, -0.2) is 0 Å². The molecule has 198 valence electrons. The maximum Gasteiger partial charge on any atom is 0.133 e. The van der Waals surface area contributed by atoms with Crippen molar-refractivity contribution in [2.45, 2.75) is 57.4 Å². The second-order valence-corrected chi connectivity index (χ2v) is 14.4. The van der Waals surface area contributed by atoms with E-state index in [2.05, 4.69) is 75.2 Å². The summed E-state index contributed by atoms with van der Waals surface area (Å²) >= 11 is 4.47. The SMILES string of the molecule is Cc1cc(/C=N/c2ccccc2N(C)Cc2cc(I)cc(I)c2O)c(O)c(C23CC4CC(CC(C4)C2)C3)c1. The van der Waals surface area contributed by atoms with E-state index in [1.807, 2.05) is 43.6 Å². The summed E-state index contributed by atoms with van der Waals surface area (Å²) in [4.78, 5) is 7.01. The standard InChI is InChI=1S/C32H34I2N2O2/c1-19-7-23(30(37)26(8-19)32-14-20-9-21(15-32)11-22(10-20)16-32)17-35-28-5-3-4-6-29(28)36(2)18-24-12-25(33)13-27(34)31(24)38/h3-8,12-13,17,20-22,37-38H,9-11,14-16,18H2,1-2H3/b35-17+. The van der Waals surface area contributed by atoms with Crippen molar-refractivity contribution in [3.8, 4) is 11.5 Å². The van der Waals surface area contributed by atoms with Gasteiger partial charge >= 0.3 is 0 Å². The third kappa shape index (κ3) is 4.95. The average molecular weight is 732 g/mol. The van der Waals surface area contributed by atoms with E-state index in [1.54, 1.807) is 0 Å². The lowest BCUT2D eigenvalue weighted by molar-refractivity contribution is -0.00616. The summed E-state index contributed by atoms with van der Waals surface area (Å²) in [6, 6.07) is 16.4. The van der Waals surface area contributed by atoms with Crippen molar-refractivity contribution in [2.75, 3.05) is 11.9 Å². The Morgan fingerprint density at radius 1 is 0.947 bits per heavy atom. The predicted molar refractivity (Wildman–Crippen MR) is 172 cm³/mol. The molecule has 0 spiro atoms. The van der Waals surface area contributed by atoms with Gasteiger partial charge in [0.05, 0.1) is 14.9 Å². The normalized spacial score (nSPS) is 25.8. The van der Waals surface area contributed by atoms with E-state index in [9.17, 15) is 10.2 Å².